The Balaban J connectivity index is 1.98. The molecule has 1 aromatic carbocycles. The zero-order chi connectivity index (χ0) is 14.8. The lowest BCUT2D eigenvalue weighted by atomic mass is 9.91. The molecule has 3 rings (SSSR count). The Hall–Kier alpha value is -1.20. The smallest absolute Gasteiger partial charge is 0.315 e. The molecule has 0 fully saturated rings. The van der Waals surface area contributed by atoms with E-state index in [1.165, 1.54) is 4.88 Å². The van der Waals surface area contributed by atoms with Gasteiger partial charge >= 0.3 is 5.97 Å². The Morgan fingerprint density at radius 2 is 2.29 bits per heavy atom. The molecule has 2 aromatic rings. The third-order valence-electron chi connectivity index (χ3n) is 3.63. The highest BCUT2D eigenvalue weighted by Gasteiger charge is 2.31. The summed E-state index contributed by atoms with van der Waals surface area (Å²) >= 11 is 5.26. The Bertz CT molecular complexity index is 668. The van der Waals surface area contributed by atoms with E-state index >= 15 is 0 Å². The molecule has 3 nitrogen and oxygen atoms in total. The van der Waals surface area contributed by atoms with Crippen LogP contribution in [0.3, 0.4) is 0 Å². The average molecular weight is 366 g/mol. The van der Waals surface area contributed by atoms with Gasteiger partial charge in [-0.3, -0.25) is 4.79 Å². The minimum Gasteiger partial charge on any atom is -0.465 e. The highest BCUT2D eigenvalue weighted by Crippen LogP contribution is 2.40. The summed E-state index contributed by atoms with van der Waals surface area (Å²) in [5.74, 6) is -0.330. The van der Waals surface area contributed by atoms with E-state index in [-0.39, 0.29) is 11.9 Å². The van der Waals surface area contributed by atoms with E-state index in [2.05, 4.69) is 15.9 Å². The number of benzene rings is 1. The zero-order valence-electron chi connectivity index (χ0n) is 11.8. The summed E-state index contributed by atoms with van der Waals surface area (Å²) in [5.41, 5.74) is 2.01. The van der Waals surface area contributed by atoms with E-state index in [9.17, 15) is 4.79 Å². The van der Waals surface area contributed by atoms with Crippen LogP contribution < -0.4 is 0 Å². The van der Waals surface area contributed by atoms with E-state index in [1.54, 1.807) is 11.3 Å². The molecule has 0 amide bonds. The van der Waals surface area contributed by atoms with Crippen LogP contribution in [0.4, 0.5) is 0 Å². The molecule has 1 aliphatic carbocycles. The van der Waals surface area contributed by atoms with Crippen LogP contribution in [0.25, 0.3) is 10.6 Å². The highest BCUT2D eigenvalue weighted by atomic mass is 79.9. The highest BCUT2D eigenvalue weighted by molar-refractivity contribution is 9.10. The number of hydrogen-bond acceptors (Lipinski definition) is 4. The van der Waals surface area contributed by atoms with E-state index < -0.39 is 0 Å². The van der Waals surface area contributed by atoms with Crippen molar-refractivity contribution < 1.29 is 9.53 Å². The van der Waals surface area contributed by atoms with Crippen molar-refractivity contribution in [2.45, 2.75) is 32.1 Å². The largest absolute Gasteiger partial charge is 0.465 e. The molecule has 110 valence electrons. The van der Waals surface area contributed by atoms with Crippen LogP contribution >= 0.6 is 27.3 Å². The summed E-state index contributed by atoms with van der Waals surface area (Å²) in [6.07, 6.45) is 2.87. The molecule has 0 aliphatic heterocycles. The van der Waals surface area contributed by atoms with E-state index in [4.69, 9.17) is 9.72 Å². The van der Waals surface area contributed by atoms with Crippen molar-refractivity contribution in [2.24, 2.45) is 0 Å². The lowest BCUT2D eigenvalue weighted by Gasteiger charge is -2.19. The second-order valence-electron chi connectivity index (χ2n) is 5.00. The van der Waals surface area contributed by atoms with Crippen molar-refractivity contribution in [3.05, 3.63) is 39.3 Å². The maximum atomic E-state index is 12.1. The first-order chi connectivity index (χ1) is 10.2. The second-order valence-corrected chi connectivity index (χ2v) is 6.94. The number of aromatic nitrogens is 1. The number of esters is 1. The van der Waals surface area contributed by atoms with Gasteiger partial charge in [0.1, 0.15) is 10.9 Å². The minimum absolute atomic E-state index is 0.137. The molecule has 1 heterocycles. The van der Waals surface area contributed by atoms with Crippen molar-refractivity contribution in [3.8, 4) is 10.6 Å². The van der Waals surface area contributed by atoms with Gasteiger partial charge in [-0.1, -0.05) is 34.1 Å². The Morgan fingerprint density at radius 1 is 1.48 bits per heavy atom. The molecule has 0 radical (unpaired) electrons. The summed E-state index contributed by atoms with van der Waals surface area (Å²) in [6.45, 7) is 2.26. The van der Waals surface area contributed by atoms with Gasteiger partial charge < -0.3 is 4.74 Å². The van der Waals surface area contributed by atoms with Crippen LogP contribution in [0.5, 0.6) is 0 Å². The van der Waals surface area contributed by atoms with E-state index in [0.29, 0.717) is 6.61 Å². The molecular weight excluding hydrogens is 350 g/mol. The molecule has 5 heteroatoms. The van der Waals surface area contributed by atoms with Gasteiger partial charge in [-0.2, -0.15) is 0 Å². The molecule has 21 heavy (non-hydrogen) atoms. The van der Waals surface area contributed by atoms with Crippen molar-refractivity contribution in [3.63, 3.8) is 0 Å². The number of halogens is 1. The molecule has 0 bridgehead atoms. The van der Waals surface area contributed by atoms with Gasteiger partial charge in [0, 0.05) is 14.9 Å². The molecule has 0 saturated carbocycles. The number of carbonyl (C=O) groups excluding carboxylic acids is 1. The lowest BCUT2D eigenvalue weighted by Crippen LogP contribution is -2.20. The standard InChI is InChI=1S/C16H16BrNO2S/c1-2-20-16(19)11-7-5-9-13-14(11)18-15(21-13)10-6-3-4-8-12(10)17/h3-4,6,8,11H,2,5,7,9H2,1H3. The number of ether oxygens (including phenoxy) is 1. The topological polar surface area (TPSA) is 39.2 Å². The van der Waals surface area contributed by atoms with Crippen LogP contribution in [0, 0.1) is 0 Å². The van der Waals surface area contributed by atoms with Gasteiger partial charge in [0.05, 0.1) is 12.3 Å². The summed E-state index contributed by atoms with van der Waals surface area (Å²) in [4.78, 5) is 18.1. The first-order valence-electron chi connectivity index (χ1n) is 7.11. The van der Waals surface area contributed by atoms with Crippen molar-refractivity contribution in [1.29, 1.82) is 0 Å². The second kappa shape index (κ2) is 6.28. The molecule has 1 atom stereocenters. The maximum Gasteiger partial charge on any atom is 0.315 e. The lowest BCUT2D eigenvalue weighted by molar-refractivity contribution is -0.145. The van der Waals surface area contributed by atoms with Gasteiger partial charge in [-0.25, -0.2) is 4.98 Å². The molecule has 0 spiro atoms. The first kappa shape index (κ1) is 14.7. The average Bonchev–Trinajstić information content (AvgIpc) is 2.91. The Kier molecular flexibility index (Phi) is 4.40. The van der Waals surface area contributed by atoms with Crippen LogP contribution in [-0.4, -0.2) is 17.6 Å². The molecule has 1 unspecified atom stereocenters. The van der Waals surface area contributed by atoms with Crippen LogP contribution in [-0.2, 0) is 16.0 Å². The normalized spacial score (nSPS) is 17.3. The van der Waals surface area contributed by atoms with Gasteiger partial charge in [0.15, 0.2) is 0 Å². The number of hydrogen-bond donors (Lipinski definition) is 0. The van der Waals surface area contributed by atoms with Crippen molar-refractivity contribution in [2.75, 3.05) is 6.61 Å². The summed E-state index contributed by atoms with van der Waals surface area (Å²) in [5, 5.41) is 0.976. The number of nitrogens with zero attached hydrogens (tertiary/aromatic N) is 1. The van der Waals surface area contributed by atoms with Crippen LogP contribution in [0.2, 0.25) is 0 Å². The van der Waals surface area contributed by atoms with E-state index in [1.807, 2.05) is 31.2 Å². The first-order valence-corrected chi connectivity index (χ1v) is 8.72. The Morgan fingerprint density at radius 3 is 3.05 bits per heavy atom. The number of fused-ring (bicyclic) bond motifs is 1. The molecule has 0 N–H and O–H groups in total. The van der Waals surface area contributed by atoms with E-state index in [0.717, 1.165) is 40.0 Å². The van der Waals surface area contributed by atoms with Crippen molar-refractivity contribution >= 4 is 33.2 Å². The number of thiazole rings is 1. The summed E-state index contributed by atoms with van der Waals surface area (Å²) < 4.78 is 6.22. The number of rotatable bonds is 3. The maximum absolute atomic E-state index is 12.1. The fourth-order valence-corrected chi connectivity index (χ4v) is 4.45. The van der Waals surface area contributed by atoms with Gasteiger partial charge in [0.25, 0.3) is 0 Å². The molecule has 0 saturated heterocycles. The fraction of sp³-hybridized carbons (Fsp3) is 0.375. The summed E-state index contributed by atoms with van der Waals surface area (Å²) in [6, 6.07) is 8.05. The van der Waals surface area contributed by atoms with Gasteiger partial charge in [0.2, 0.25) is 0 Å². The SMILES string of the molecule is CCOC(=O)C1CCCc2sc(-c3ccccc3Br)nc21. The fourth-order valence-electron chi connectivity index (χ4n) is 2.64. The van der Waals surface area contributed by atoms with Crippen LogP contribution in [0.1, 0.15) is 36.3 Å². The molecular formula is C16H16BrNO2S. The summed E-state index contributed by atoms with van der Waals surface area (Å²) in [7, 11) is 0. The van der Waals surface area contributed by atoms with Gasteiger partial charge in [-0.05, 0) is 32.3 Å². The quantitative estimate of drug-likeness (QED) is 0.748. The van der Waals surface area contributed by atoms with Crippen molar-refractivity contribution in [1.82, 2.24) is 4.98 Å². The number of aryl methyl sites for hydroxylation is 1. The molecule has 1 aromatic heterocycles. The third-order valence-corrected chi connectivity index (χ3v) is 5.49. The zero-order valence-corrected chi connectivity index (χ0v) is 14.2. The number of carbonyl (C=O) groups is 1. The predicted octanol–water partition coefficient (Wildman–Crippen LogP) is 4.56. The molecule has 1 aliphatic rings. The monoisotopic (exact) mass is 365 g/mol. The minimum atomic E-state index is -0.193. The predicted molar refractivity (Wildman–Crippen MR) is 87.6 cm³/mol. The Labute approximate surface area is 136 Å². The van der Waals surface area contributed by atoms with Crippen LogP contribution in [0.15, 0.2) is 28.7 Å². The van der Waals surface area contributed by atoms with Gasteiger partial charge in [-0.15, -0.1) is 11.3 Å². The third kappa shape index (κ3) is 2.90.